The maximum atomic E-state index is 12.1. The molecule has 0 spiro atoms. The zero-order valence-corrected chi connectivity index (χ0v) is 14.3. The Labute approximate surface area is 146 Å². The average molecular weight is 357 g/mol. The first-order valence-electron chi connectivity index (χ1n) is 7.20. The Morgan fingerprint density at radius 1 is 1.29 bits per heavy atom. The topological polar surface area (TPSA) is 114 Å². The molecule has 0 bridgehead atoms. The van der Waals surface area contributed by atoms with E-state index in [9.17, 15) is 14.4 Å². The molecule has 0 saturated carbocycles. The van der Waals surface area contributed by atoms with Crippen LogP contribution in [-0.4, -0.2) is 48.0 Å². The van der Waals surface area contributed by atoms with Crippen LogP contribution in [0.4, 0.5) is 10.5 Å². The quantitative estimate of drug-likeness (QED) is 0.650. The second-order valence-corrected chi connectivity index (χ2v) is 5.61. The third kappa shape index (κ3) is 4.36. The summed E-state index contributed by atoms with van der Waals surface area (Å²) >= 11 is 0. The minimum Gasteiger partial charge on any atom is -0.492 e. The molecule has 0 atom stereocenters. The van der Waals surface area contributed by atoms with E-state index in [1.807, 2.05) is 0 Å². The monoisotopic (exact) mass is 356 g/mol. The number of amides is 4. The van der Waals surface area contributed by atoms with Crippen LogP contribution in [0.5, 0.6) is 5.75 Å². The van der Waals surface area contributed by atoms with E-state index in [2.05, 4.69) is 10.6 Å². The summed E-state index contributed by atoms with van der Waals surface area (Å²) in [6.45, 7) is 3.80. The van der Waals surface area contributed by atoms with Crippen LogP contribution >= 0.6 is 12.4 Å². The number of nitrogens with two attached hydrogens (primary N) is 1. The van der Waals surface area contributed by atoms with E-state index >= 15 is 0 Å². The van der Waals surface area contributed by atoms with Gasteiger partial charge in [0.2, 0.25) is 5.91 Å². The van der Waals surface area contributed by atoms with Gasteiger partial charge in [-0.05, 0) is 38.1 Å². The molecule has 1 aliphatic heterocycles. The van der Waals surface area contributed by atoms with Crippen molar-refractivity contribution in [3.05, 3.63) is 24.3 Å². The Balaban J connectivity index is 0.00000288. The summed E-state index contributed by atoms with van der Waals surface area (Å²) in [6.07, 6.45) is 0. The lowest BCUT2D eigenvalue weighted by Crippen LogP contribution is -2.47. The first-order valence-corrected chi connectivity index (χ1v) is 7.20. The Morgan fingerprint density at radius 3 is 2.42 bits per heavy atom. The van der Waals surface area contributed by atoms with Crippen molar-refractivity contribution in [1.82, 2.24) is 10.2 Å². The van der Waals surface area contributed by atoms with Crippen LogP contribution in [0.25, 0.3) is 0 Å². The molecule has 132 valence electrons. The number of benzene rings is 1. The Hall–Kier alpha value is -2.32. The van der Waals surface area contributed by atoms with Crippen LogP contribution in [0.1, 0.15) is 13.8 Å². The van der Waals surface area contributed by atoms with E-state index in [4.69, 9.17) is 10.5 Å². The Bertz CT molecular complexity index is 618. The van der Waals surface area contributed by atoms with Crippen molar-refractivity contribution in [1.29, 1.82) is 0 Å². The predicted octanol–water partition coefficient (Wildman–Crippen LogP) is 0.715. The molecule has 4 N–H and O–H groups in total. The molecule has 1 heterocycles. The number of rotatable bonds is 6. The largest absolute Gasteiger partial charge is 0.492 e. The van der Waals surface area contributed by atoms with Crippen molar-refractivity contribution in [2.75, 3.05) is 25.0 Å². The second-order valence-electron chi connectivity index (χ2n) is 5.61. The van der Waals surface area contributed by atoms with E-state index in [0.717, 1.165) is 0 Å². The molecule has 1 fully saturated rings. The van der Waals surface area contributed by atoms with Gasteiger partial charge in [-0.2, -0.15) is 0 Å². The molecular formula is C15H21ClN4O4. The molecule has 0 radical (unpaired) electrons. The lowest BCUT2D eigenvalue weighted by atomic mass is 10.0. The first kappa shape index (κ1) is 19.7. The lowest BCUT2D eigenvalue weighted by Gasteiger charge is -2.27. The minimum absolute atomic E-state index is 0. The third-order valence-electron chi connectivity index (χ3n) is 3.52. The molecule has 0 unspecified atom stereocenters. The molecule has 0 aliphatic carbocycles. The van der Waals surface area contributed by atoms with Gasteiger partial charge < -0.3 is 20.7 Å². The summed E-state index contributed by atoms with van der Waals surface area (Å²) in [6, 6.07) is 6.22. The maximum absolute atomic E-state index is 12.1. The van der Waals surface area contributed by atoms with Gasteiger partial charge in [-0.25, -0.2) is 4.79 Å². The molecule has 1 aliphatic rings. The number of nitrogens with one attached hydrogen (secondary N) is 2. The molecule has 1 aromatic rings. The number of carbonyl (C=O) groups excluding carboxylic acids is 3. The highest BCUT2D eigenvalue weighted by molar-refractivity contribution is 6.08. The fourth-order valence-corrected chi connectivity index (χ4v) is 2.12. The smallest absolute Gasteiger partial charge is 0.325 e. The van der Waals surface area contributed by atoms with Gasteiger partial charge in [0.05, 0.1) is 0 Å². The molecule has 9 heteroatoms. The Kier molecular flexibility index (Phi) is 6.56. The van der Waals surface area contributed by atoms with Gasteiger partial charge in [0.25, 0.3) is 5.91 Å². The molecule has 0 aromatic heterocycles. The molecular weight excluding hydrogens is 336 g/mol. The number of ether oxygens (including phenoxy) is 1. The number of carbonyl (C=O) groups is 3. The van der Waals surface area contributed by atoms with Crippen LogP contribution in [0.2, 0.25) is 0 Å². The summed E-state index contributed by atoms with van der Waals surface area (Å²) in [5, 5.41) is 4.87. The van der Waals surface area contributed by atoms with Crippen LogP contribution in [0.15, 0.2) is 24.3 Å². The van der Waals surface area contributed by atoms with E-state index in [1.165, 1.54) is 4.90 Å². The van der Waals surface area contributed by atoms with Crippen LogP contribution in [0.3, 0.4) is 0 Å². The zero-order chi connectivity index (χ0) is 17.0. The summed E-state index contributed by atoms with van der Waals surface area (Å²) in [5.41, 5.74) is 4.87. The van der Waals surface area contributed by atoms with Crippen molar-refractivity contribution < 1.29 is 19.1 Å². The van der Waals surface area contributed by atoms with Crippen LogP contribution in [-0.2, 0) is 9.59 Å². The number of hydrogen-bond donors (Lipinski definition) is 3. The third-order valence-corrected chi connectivity index (χ3v) is 3.52. The predicted molar refractivity (Wildman–Crippen MR) is 91.2 cm³/mol. The number of anilines is 1. The zero-order valence-electron chi connectivity index (χ0n) is 13.5. The van der Waals surface area contributed by atoms with Crippen LogP contribution in [0, 0.1) is 0 Å². The van der Waals surface area contributed by atoms with E-state index in [1.54, 1.807) is 38.1 Å². The van der Waals surface area contributed by atoms with Crippen molar-refractivity contribution in [2.45, 2.75) is 19.4 Å². The molecule has 8 nitrogen and oxygen atoms in total. The molecule has 4 amide bonds. The van der Waals surface area contributed by atoms with Gasteiger partial charge in [0.1, 0.15) is 24.4 Å². The summed E-state index contributed by atoms with van der Waals surface area (Å²) in [7, 11) is 0. The summed E-state index contributed by atoms with van der Waals surface area (Å²) in [5.74, 6) is -0.158. The van der Waals surface area contributed by atoms with Crippen molar-refractivity contribution in [2.24, 2.45) is 5.73 Å². The van der Waals surface area contributed by atoms with Gasteiger partial charge in [0, 0.05) is 12.2 Å². The van der Waals surface area contributed by atoms with Crippen molar-refractivity contribution in [3.63, 3.8) is 0 Å². The van der Waals surface area contributed by atoms with Gasteiger partial charge >= 0.3 is 6.03 Å². The number of imide groups is 1. The molecule has 2 rings (SSSR count). The van der Waals surface area contributed by atoms with Gasteiger partial charge in [-0.15, -0.1) is 12.4 Å². The van der Waals surface area contributed by atoms with E-state index in [0.29, 0.717) is 24.6 Å². The first-order chi connectivity index (χ1) is 10.8. The van der Waals surface area contributed by atoms with Crippen molar-refractivity contribution >= 4 is 35.9 Å². The highest BCUT2D eigenvalue weighted by Crippen LogP contribution is 2.21. The fraction of sp³-hybridized carbons (Fsp3) is 0.400. The summed E-state index contributed by atoms with van der Waals surface area (Å²) in [4.78, 5) is 36.6. The van der Waals surface area contributed by atoms with Gasteiger partial charge in [-0.1, -0.05) is 0 Å². The highest BCUT2D eigenvalue weighted by atomic mass is 35.5. The summed E-state index contributed by atoms with van der Waals surface area (Å²) < 4.78 is 5.34. The number of halogens is 1. The molecule has 1 aromatic carbocycles. The van der Waals surface area contributed by atoms with Gasteiger partial charge in [0.15, 0.2) is 0 Å². The maximum Gasteiger partial charge on any atom is 0.325 e. The lowest BCUT2D eigenvalue weighted by molar-refractivity contribution is -0.126. The van der Waals surface area contributed by atoms with E-state index < -0.39 is 23.4 Å². The number of hydrogen-bond acceptors (Lipinski definition) is 5. The minimum atomic E-state index is -1.05. The average Bonchev–Trinajstić information content (AvgIpc) is 2.69. The normalized spacial score (nSPS) is 15.5. The van der Waals surface area contributed by atoms with E-state index in [-0.39, 0.29) is 19.0 Å². The van der Waals surface area contributed by atoms with Crippen molar-refractivity contribution in [3.8, 4) is 5.75 Å². The number of urea groups is 1. The Morgan fingerprint density at radius 2 is 1.92 bits per heavy atom. The molecule has 24 heavy (non-hydrogen) atoms. The van der Waals surface area contributed by atoms with Gasteiger partial charge in [-0.3, -0.25) is 14.9 Å². The SMILES string of the molecule is CC1(C)C(=O)NC(=O)N1CC(=O)Nc1ccc(OCCN)cc1.Cl. The van der Waals surface area contributed by atoms with Crippen LogP contribution < -0.4 is 21.1 Å². The fourth-order valence-electron chi connectivity index (χ4n) is 2.12. The highest BCUT2D eigenvalue weighted by Gasteiger charge is 2.46. The second kappa shape index (κ2) is 7.98. The molecule has 1 saturated heterocycles. The number of nitrogens with zero attached hydrogens (tertiary/aromatic N) is 1. The standard InChI is InChI=1S/C15H20N4O4.ClH/c1-15(2)13(21)18-14(22)19(15)9-12(20)17-10-3-5-11(6-4-10)23-8-7-16;/h3-6H,7-9,16H2,1-2H3,(H,17,20)(H,18,21,22);1H.